The number of carbonyl (C=O) groups is 1. The molecule has 0 saturated heterocycles. The van der Waals surface area contributed by atoms with Gasteiger partial charge in [-0.3, -0.25) is 4.79 Å². The van der Waals surface area contributed by atoms with Gasteiger partial charge in [-0.25, -0.2) is 8.78 Å². The Hall–Kier alpha value is -2.39. The Morgan fingerprint density at radius 3 is 2.44 bits per heavy atom. The number of alkyl halides is 3. The summed E-state index contributed by atoms with van der Waals surface area (Å²) in [5.41, 5.74) is 0.667. The minimum Gasteiger partial charge on any atom is -0.331 e. The molecule has 10 heteroatoms. The Bertz CT molecular complexity index is 974. The molecule has 0 aliphatic heterocycles. The zero-order valence-electron chi connectivity index (χ0n) is 13.3. The molecular weight excluding hydrogens is 408 g/mol. The number of hydrogen-bond acceptors (Lipinski definition) is 5. The molecular formula is C17H9ClF4N2O2S. The van der Waals surface area contributed by atoms with E-state index in [4.69, 9.17) is 11.6 Å². The van der Waals surface area contributed by atoms with Crippen LogP contribution in [0.5, 0.6) is 0 Å². The van der Waals surface area contributed by atoms with Gasteiger partial charge in [0, 0.05) is 22.1 Å². The van der Waals surface area contributed by atoms with Crippen LogP contribution in [0.3, 0.4) is 0 Å². The van der Waals surface area contributed by atoms with Crippen molar-refractivity contribution in [3.05, 3.63) is 65.6 Å². The van der Waals surface area contributed by atoms with E-state index in [1.165, 1.54) is 30.3 Å². The van der Waals surface area contributed by atoms with Crippen LogP contribution in [0.25, 0.3) is 11.4 Å². The van der Waals surface area contributed by atoms with E-state index in [1.54, 1.807) is 0 Å². The number of halogens is 5. The molecule has 140 valence electrons. The average Bonchev–Trinajstić information content (AvgIpc) is 3.11. The van der Waals surface area contributed by atoms with E-state index in [2.05, 4.69) is 14.7 Å². The lowest BCUT2D eigenvalue weighted by atomic mass is 10.1. The van der Waals surface area contributed by atoms with Gasteiger partial charge in [-0.05, 0) is 23.7 Å². The number of aromatic nitrogens is 2. The van der Waals surface area contributed by atoms with Crippen molar-refractivity contribution in [2.75, 3.05) is 5.75 Å². The number of Topliss-reactive ketones (excluding diaryl/α,β-unsaturated/α-hetero) is 1. The maximum absolute atomic E-state index is 13.6. The van der Waals surface area contributed by atoms with Gasteiger partial charge in [-0.15, -0.1) is 11.8 Å². The van der Waals surface area contributed by atoms with Gasteiger partial charge in [0.2, 0.25) is 5.82 Å². The first-order valence-electron chi connectivity index (χ1n) is 7.36. The maximum atomic E-state index is 13.6. The van der Waals surface area contributed by atoms with Crippen molar-refractivity contribution in [3.8, 4) is 11.4 Å². The van der Waals surface area contributed by atoms with Crippen LogP contribution < -0.4 is 0 Å². The van der Waals surface area contributed by atoms with Gasteiger partial charge >= 0.3 is 11.3 Å². The highest BCUT2D eigenvalue weighted by atomic mass is 35.5. The Morgan fingerprint density at radius 2 is 1.85 bits per heavy atom. The Labute approximate surface area is 159 Å². The van der Waals surface area contributed by atoms with Gasteiger partial charge in [-0.1, -0.05) is 29.4 Å². The molecule has 27 heavy (non-hydrogen) atoms. The van der Waals surface area contributed by atoms with Crippen molar-refractivity contribution in [1.82, 2.24) is 10.1 Å². The van der Waals surface area contributed by atoms with Gasteiger partial charge in [0.05, 0.1) is 5.75 Å². The third-order valence-electron chi connectivity index (χ3n) is 3.39. The van der Waals surface area contributed by atoms with Crippen LogP contribution in [0.15, 0.2) is 51.9 Å². The van der Waals surface area contributed by atoms with Gasteiger partial charge in [0.15, 0.2) is 5.78 Å². The topological polar surface area (TPSA) is 56.0 Å². The third kappa shape index (κ3) is 4.67. The fourth-order valence-corrected chi connectivity index (χ4v) is 2.97. The summed E-state index contributed by atoms with van der Waals surface area (Å²) in [7, 11) is 0. The molecule has 0 N–H and O–H groups in total. The summed E-state index contributed by atoms with van der Waals surface area (Å²) in [5.74, 6) is -2.94. The number of carbonyl (C=O) groups excluding carboxylic acids is 1. The molecule has 2 aromatic carbocycles. The minimum atomic E-state index is -3.77. The third-order valence-corrected chi connectivity index (χ3v) is 4.60. The van der Waals surface area contributed by atoms with E-state index in [9.17, 15) is 22.4 Å². The first-order valence-corrected chi connectivity index (χ1v) is 8.73. The summed E-state index contributed by atoms with van der Waals surface area (Å²) < 4.78 is 56.6. The summed E-state index contributed by atoms with van der Waals surface area (Å²) in [5, 5.41) is -0.362. The average molecular weight is 417 g/mol. The molecule has 0 aliphatic carbocycles. The molecule has 0 bridgehead atoms. The van der Waals surface area contributed by atoms with E-state index in [-0.39, 0.29) is 22.3 Å². The Kier molecular flexibility index (Phi) is 5.52. The largest absolute Gasteiger partial charge is 0.400 e. The maximum Gasteiger partial charge on any atom is 0.400 e. The van der Waals surface area contributed by atoms with Crippen molar-refractivity contribution in [2.45, 2.75) is 10.3 Å². The van der Waals surface area contributed by atoms with Crippen LogP contribution in [-0.4, -0.2) is 21.7 Å². The molecule has 3 rings (SSSR count). The summed E-state index contributed by atoms with van der Waals surface area (Å²) in [6, 6.07) is 8.92. The molecule has 1 aromatic heterocycles. The Morgan fingerprint density at radius 1 is 1.15 bits per heavy atom. The number of rotatable bonds is 6. The highest BCUT2D eigenvalue weighted by Crippen LogP contribution is 2.32. The first kappa shape index (κ1) is 19.4. The molecule has 0 fully saturated rings. The molecule has 0 spiro atoms. The van der Waals surface area contributed by atoms with E-state index in [0.29, 0.717) is 11.1 Å². The van der Waals surface area contributed by atoms with Gasteiger partial charge in [0.25, 0.3) is 0 Å². The molecule has 0 radical (unpaired) electrons. The predicted molar refractivity (Wildman–Crippen MR) is 90.9 cm³/mol. The second-order valence-electron chi connectivity index (χ2n) is 5.28. The molecule has 0 unspecified atom stereocenters. The van der Waals surface area contributed by atoms with Crippen LogP contribution in [0, 0.1) is 11.6 Å². The van der Waals surface area contributed by atoms with Gasteiger partial charge in [-0.2, -0.15) is 13.8 Å². The van der Waals surface area contributed by atoms with Gasteiger partial charge < -0.3 is 4.52 Å². The molecule has 0 atom stereocenters. The van der Waals surface area contributed by atoms with E-state index in [0.717, 1.165) is 23.9 Å². The Balaban J connectivity index is 1.67. The molecule has 4 nitrogen and oxygen atoms in total. The lowest BCUT2D eigenvalue weighted by molar-refractivity contribution is 0.0551. The van der Waals surface area contributed by atoms with Crippen molar-refractivity contribution in [2.24, 2.45) is 0 Å². The standard InChI is InChI=1S/C17H9ClF4N2O2S/c18-17(21,22)16-23-15(24-26-16)10-3-1-9(2-4-10)13(25)8-27-14-6-5-11(19)7-12(14)20/h1-7H,8H2. The SMILES string of the molecule is O=C(CSc1ccc(F)cc1F)c1ccc(-c2noc(C(F)(F)Cl)n2)cc1. The highest BCUT2D eigenvalue weighted by molar-refractivity contribution is 8.00. The summed E-state index contributed by atoms with van der Waals surface area (Å²) in [6.45, 7) is 0. The van der Waals surface area contributed by atoms with E-state index >= 15 is 0 Å². The number of thioether (sulfide) groups is 1. The number of benzene rings is 2. The lowest BCUT2D eigenvalue weighted by Crippen LogP contribution is -2.03. The molecule has 0 saturated carbocycles. The fourth-order valence-electron chi connectivity index (χ4n) is 2.08. The lowest BCUT2D eigenvalue weighted by Gasteiger charge is -2.04. The minimum absolute atomic E-state index is 0.0628. The zero-order chi connectivity index (χ0) is 19.6. The molecule has 0 aliphatic rings. The van der Waals surface area contributed by atoms with Crippen LogP contribution in [0.2, 0.25) is 0 Å². The van der Waals surface area contributed by atoms with Crippen molar-refractivity contribution in [1.29, 1.82) is 0 Å². The fraction of sp³-hybridized carbons (Fsp3) is 0.118. The molecule has 0 amide bonds. The van der Waals surface area contributed by atoms with Crippen LogP contribution in [0.4, 0.5) is 17.6 Å². The predicted octanol–water partition coefficient (Wildman–Crippen LogP) is 5.28. The number of ketones is 1. The molecule has 3 aromatic rings. The first-order chi connectivity index (χ1) is 12.7. The van der Waals surface area contributed by atoms with Gasteiger partial charge in [0.1, 0.15) is 11.6 Å². The van der Waals surface area contributed by atoms with E-state index < -0.39 is 22.9 Å². The quantitative estimate of drug-likeness (QED) is 0.237. The van der Waals surface area contributed by atoms with Crippen LogP contribution in [-0.2, 0) is 5.38 Å². The molecule has 1 heterocycles. The summed E-state index contributed by atoms with van der Waals surface area (Å²) >= 11 is 5.74. The van der Waals surface area contributed by atoms with Crippen molar-refractivity contribution >= 4 is 29.1 Å². The van der Waals surface area contributed by atoms with Crippen molar-refractivity contribution in [3.63, 3.8) is 0 Å². The number of hydrogen-bond donors (Lipinski definition) is 0. The number of nitrogens with zero attached hydrogens (tertiary/aromatic N) is 2. The monoisotopic (exact) mass is 416 g/mol. The smallest absolute Gasteiger partial charge is 0.331 e. The summed E-state index contributed by atoms with van der Waals surface area (Å²) in [6.07, 6.45) is 0. The summed E-state index contributed by atoms with van der Waals surface area (Å²) in [4.78, 5) is 15.8. The normalized spacial score (nSPS) is 11.6. The second-order valence-corrected chi connectivity index (χ2v) is 6.78. The highest BCUT2D eigenvalue weighted by Gasteiger charge is 2.35. The van der Waals surface area contributed by atoms with Crippen molar-refractivity contribution < 1.29 is 26.9 Å². The zero-order valence-corrected chi connectivity index (χ0v) is 14.8. The van der Waals surface area contributed by atoms with E-state index in [1.807, 2.05) is 0 Å². The second kappa shape index (κ2) is 7.69. The van der Waals surface area contributed by atoms with Crippen LogP contribution >= 0.6 is 23.4 Å². The van der Waals surface area contributed by atoms with Crippen LogP contribution in [0.1, 0.15) is 16.2 Å².